The van der Waals surface area contributed by atoms with Gasteiger partial charge in [0.2, 0.25) is 0 Å². The van der Waals surface area contributed by atoms with E-state index in [1.165, 1.54) is 32.1 Å². The van der Waals surface area contributed by atoms with Crippen LogP contribution in [0.5, 0.6) is 0 Å². The summed E-state index contributed by atoms with van der Waals surface area (Å²) in [5, 5.41) is 0. The van der Waals surface area contributed by atoms with Gasteiger partial charge in [-0.05, 0) is 23.7 Å². The molecule has 0 heteroatoms. The van der Waals surface area contributed by atoms with Crippen LogP contribution < -0.4 is 0 Å². The van der Waals surface area contributed by atoms with Gasteiger partial charge < -0.3 is 0 Å². The fourth-order valence-corrected chi connectivity index (χ4v) is 3.46. The minimum Gasteiger partial charge on any atom is -0.0654 e. The van der Waals surface area contributed by atoms with Gasteiger partial charge >= 0.3 is 0 Å². The summed E-state index contributed by atoms with van der Waals surface area (Å²) in [5.74, 6) is 3.92. The van der Waals surface area contributed by atoms with E-state index < -0.39 is 0 Å². The quantitative estimate of drug-likeness (QED) is 0.603. The third-order valence-electron chi connectivity index (χ3n) is 3.87. The average molecular weight is 182 g/mol. The van der Waals surface area contributed by atoms with Crippen LogP contribution in [0.25, 0.3) is 0 Å². The van der Waals surface area contributed by atoms with Crippen molar-refractivity contribution in [3.8, 4) is 0 Å². The minimum absolute atomic E-state index is 0.895. The van der Waals surface area contributed by atoms with E-state index in [9.17, 15) is 0 Å². The van der Waals surface area contributed by atoms with E-state index in [4.69, 9.17) is 0 Å². The van der Waals surface area contributed by atoms with Crippen molar-refractivity contribution in [1.29, 1.82) is 0 Å². The normalized spacial score (nSPS) is 35.3. The topological polar surface area (TPSA) is 0 Å². The number of hydrogen-bond donors (Lipinski definition) is 0. The maximum absolute atomic E-state index is 2.46. The Kier molecular flexibility index (Phi) is 4.28. The Hall–Kier alpha value is 0. The molecule has 0 nitrogen and oxygen atoms in total. The first-order valence-corrected chi connectivity index (χ1v) is 6.16. The van der Waals surface area contributed by atoms with Gasteiger partial charge in [-0.15, -0.1) is 0 Å². The Bertz CT molecular complexity index is 135. The maximum atomic E-state index is 2.46. The molecule has 0 amide bonds. The molecule has 0 bridgehead atoms. The molecule has 0 radical (unpaired) electrons. The molecule has 78 valence electrons. The van der Waals surface area contributed by atoms with Crippen LogP contribution >= 0.6 is 0 Å². The molecular formula is C13H26. The molecule has 1 fully saturated rings. The first kappa shape index (κ1) is 11.1. The molecule has 0 heterocycles. The Morgan fingerprint density at radius 3 is 2.46 bits per heavy atom. The summed E-state index contributed by atoms with van der Waals surface area (Å²) in [5.41, 5.74) is 0. The van der Waals surface area contributed by atoms with Crippen molar-refractivity contribution in [2.75, 3.05) is 0 Å². The Balaban J connectivity index is 2.57. The van der Waals surface area contributed by atoms with Crippen LogP contribution in [-0.2, 0) is 0 Å². The summed E-state index contributed by atoms with van der Waals surface area (Å²) >= 11 is 0. The molecule has 0 aromatic heterocycles. The second-order valence-corrected chi connectivity index (χ2v) is 5.28. The summed E-state index contributed by atoms with van der Waals surface area (Å²) in [7, 11) is 0. The highest BCUT2D eigenvalue weighted by molar-refractivity contribution is 4.81. The lowest BCUT2D eigenvalue weighted by Crippen LogP contribution is -2.30. The first-order chi connectivity index (χ1) is 6.16. The van der Waals surface area contributed by atoms with Crippen molar-refractivity contribution >= 4 is 0 Å². The molecule has 0 aromatic rings. The standard InChI is InChI=1S/C13H26/c1-5-7-12-9-6-8-11(4)13(12)10(2)3/h10-13H,5-9H2,1-4H3. The molecule has 0 spiro atoms. The van der Waals surface area contributed by atoms with Crippen molar-refractivity contribution in [2.24, 2.45) is 23.7 Å². The molecule has 1 saturated carbocycles. The summed E-state index contributed by atoms with van der Waals surface area (Å²) in [4.78, 5) is 0. The van der Waals surface area contributed by atoms with Gasteiger partial charge in [-0.25, -0.2) is 0 Å². The minimum atomic E-state index is 0.895. The first-order valence-electron chi connectivity index (χ1n) is 6.16. The molecule has 13 heavy (non-hydrogen) atoms. The Morgan fingerprint density at radius 2 is 1.92 bits per heavy atom. The number of hydrogen-bond acceptors (Lipinski definition) is 0. The van der Waals surface area contributed by atoms with Crippen molar-refractivity contribution in [1.82, 2.24) is 0 Å². The van der Waals surface area contributed by atoms with Gasteiger partial charge in [0.1, 0.15) is 0 Å². The predicted molar refractivity (Wildman–Crippen MR) is 59.7 cm³/mol. The smallest absolute Gasteiger partial charge is 0.0337 e. The van der Waals surface area contributed by atoms with Crippen LogP contribution in [0.4, 0.5) is 0 Å². The summed E-state index contributed by atoms with van der Waals surface area (Å²) in [6, 6.07) is 0. The third-order valence-corrected chi connectivity index (χ3v) is 3.87. The fourth-order valence-electron chi connectivity index (χ4n) is 3.46. The van der Waals surface area contributed by atoms with Gasteiger partial charge in [-0.3, -0.25) is 0 Å². The molecule has 1 rings (SSSR count). The molecule has 0 saturated heterocycles. The van der Waals surface area contributed by atoms with Crippen LogP contribution in [0, 0.1) is 23.7 Å². The zero-order valence-electron chi connectivity index (χ0n) is 9.84. The lowest BCUT2D eigenvalue weighted by molar-refractivity contribution is 0.109. The lowest BCUT2D eigenvalue weighted by atomic mass is 9.66. The molecule has 0 aromatic carbocycles. The number of rotatable bonds is 3. The predicted octanol–water partition coefficient (Wildman–Crippen LogP) is 4.49. The Morgan fingerprint density at radius 1 is 1.23 bits per heavy atom. The average Bonchev–Trinajstić information content (AvgIpc) is 2.04. The van der Waals surface area contributed by atoms with E-state index in [1.807, 2.05) is 0 Å². The van der Waals surface area contributed by atoms with Gasteiger partial charge in [-0.2, -0.15) is 0 Å². The molecular weight excluding hydrogens is 156 g/mol. The summed E-state index contributed by atoms with van der Waals surface area (Å²) in [6.07, 6.45) is 7.30. The highest BCUT2D eigenvalue weighted by atomic mass is 14.4. The summed E-state index contributed by atoms with van der Waals surface area (Å²) < 4.78 is 0. The van der Waals surface area contributed by atoms with Crippen LogP contribution in [0.2, 0.25) is 0 Å². The van der Waals surface area contributed by atoms with Gasteiger partial charge in [0.25, 0.3) is 0 Å². The van der Waals surface area contributed by atoms with Crippen molar-refractivity contribution in [3.05, 3.63) is 0 Å². The van der Waals surface area contributed by atoms with Crippen LogP contribution in [0.3, 0.4) is 0 Å². The van der Waals surface area contributed by atoms with E-state index in [2.05, 4.69) is 27.7 Å². The van der Waals surface area contributed by atoms with E-state index in [0.29, 0.717) is 0 Å². The summed E-state index contributed by atoms with van der Waals surface area (Å²) in [6.45, 7) is 9.62. The van der Waals surface area contributed by atoms with Gasteiger partial charge in [0.05, 0.1) is 0 Å². The zero-order valence-corrected chi connectivity index (χ0v) is 9.84. The van der Waals surface area contributed by atoms with Crippen LogP contribution in [-0.4, -0.2) is 0 Å². The third kappa shape index (κ3) is 2.72. The molecule has 0 aliphatic heterocycles. The largest absolute Gasteiger partial charge is 0.0654 e. The second kappa shape index (κ2) is 5.02. The highest BCUT2D eigenvalue weighted by Gasteiger charge is 2.31. The van der Waals surface area contributed by atoms with E-state index in [0.717, 1.165) is 23.7 Å². The fraction of sp³-hybridized carbons (Fsp3) is 1.00. The zero-order chi connectivity index (χ0) is 9.84. The van der Waals surface area contributed by atoms with E-state index in [1.54, 1.807) is 0 Å². The van der Waals surface area contributed by atoms with Gasteiger partial charge in [0.15, 0.2) is 0 Å². The highest BCUT2D eigenvalue weighted by Crippen LogP contribution is 2.41. The van der Waals surface area contributed by atoms with Gasteiger partial charge in [-0.1, -0.05) is 59.8 Å². The monoisotopic (exact) mass is 182 g/mol. The lowest BCUT2D eigenvalue weighted by Gasteiger charge is -2.39. The molecule has 1 aliphatic carbocycles. The molecule has 0 N–H and O–H groups in total. The molecule has 3 atom stereocenters. The van der Waals surface area contributed by atoms with Crippen molar-refractivity contribution < 1.29 is 0 Å². The van der Waals surface area contributed by atoms with Gasteiger partial charge in [0, 0.05) is 0 Å². The molecule has 1 aliphatic rings. The van der Waals surface area contributed by atoms with E-state index >= 15 is 0 Å². The molecule has 3 unspecified atom stereocenters. The Labute approximate surface area is 84.1 Å². The SMILES string of the molecule is CCCC1CCCC(C)C1C(C)C. The van der Waals surface area contributed by atoms with E-state index in [-0.39, 0.29) is 0 Å². The van der Waals surface area contributed by atoms with Crippen LogP contribution in [0.15, 0.2) is 0 Å². The van der Waals surface area contributed by atoms with Crippen LogP contribution in [0.1, 0.15) is 59.8 Å². The maximum Gasteiger partial charge on any atom is -0.0337 e. The van der Waals surface area contributed by atoms with Crippen molar-refractivity contribution in [3.63, 3.8) is 0 Å². The van der Waals surface area contributed by atoms with Crippen molar-refractivity contribution in [2.45, 2.75) is 59.8 Å². The second-order valence-electron chi connectivity index (χ2n) is 5.28.